The third kappa shape index (κ3) is 3.34. The van der Waals surface area contributed by atoms with Gasteiger partial charge in [0.05, 0.1) is 10.1 Å². The number of fused-ring (bicyclic) bond motifs is 1. The first-order chi connectivity index (χ1) is 11.1. The molecule has 1 atom stereocenters. The highest BCUT2D eigenvalue weighted by molar-refractivity contribution is 7.14. The molecule has 0 radical (unpaired) electrons. The van der Waals surface area contributed by atoms with E-state index in [2.05, 4.69) is 12.2 Å². The van der Waals surface area contributed by atoms with Crippen molar-refractivity contribution in [1.29, 1.82) is 0 Å². The number of carbonyl (C=O) groups is 1. The van der Waals surface area contributed by atoms with Crippen molar-refractivity contribution in [2.45, 2.75) is 58.0 Å². The first-order valence-corrected chi connectivity index (χ1v) is 9.28. The van der Waals surface area contributed by atoms with Crippen molar-refractivity contribution >= 4 is 27.5 Å². The lowest BCUT2D eigenvalue weighted by Gasteiger charge is -2.28. The van der Waals surface area contributed by atoms with Gasteiger partial charge in [0.25, 0.3) is 5.56 Å². The fourth-order valence-electron chi connectivity index (χ4n) is 3.35. The number of nitrogens with zero attached hydrogens (tertiary/aromatic N) is 1. The van der Waals surface area contributed by atoms with Crippen molar-refractivity contribution in [3.63, 3.8) is 0 Å². The van der Waals surface area contributed by atoms with E-state index in [1.165, 1.54) is 24.4 Å². The molecule has 0 saturated heterocycles. The second-order valence-corrected chi connectivity index (χ2v) is 7.62. The SMILES string of the molecule is CC[C@@H](C(=O)NC1CCC(C)CC1)n1sc2ccccc2c1=O. The van der Waals surface area contributed by atoms with Crippen LogP contribution in [0.15, 0.2) is 29.1 Å². The van der Waals surface area contributed by atoms with E-state index in [-0.39, 0.29) is 17.5 Å². The number of hydrogen-bond acceptors (Lipinski definition) is 3. The summed E-state index contributed by atoms with van der Waals surface area (Å²) in [5, 5.41) is 3.87. The molecule has 0 unspecified atom stereocenters. The van der Waals surface area contributed by atoms with Crippen LogP contribution in [0.2, 0.25) is 0 Å². The van der Waals surface area contributed by atoms with E-state index in [9.17, 15) is 9.59 Å². The van der Waals surface area contributed by atoms with Gasteiger partial charge < -0.3 is 5.32 Å². The highest BCUT2D eigenvalue weighted by atomic mass is 32.1. The number of aromatic nitrogens is 1. The molecule has 1 amide bonds. The van der Waals surface area contributed by atoms with Crippen molar-refractivity contribution in [3.05, 3.63) is 34.6 Å². The summed E-state index contributed by atoms with van der Waals surface area (Å²) in [6, 6.07) is 7.41. The average molecular weight is 332 g/mol. The number of benzene rings is 1. The Morgan fingerprint density at radius 2 is 2.00 bits per heavy atom. The van der Waals surface area contributed by atoms with Crippen LogP contribution in [0.5, 0.6) is 0 Å². The molecule has 124 valence electrons. The molecule has 23 heavy (non-hydrogen) atoms. The maximum Gasteiger partial charge on any atom is 0.269 e. The lowest BCUT2D eigenvalue weighted by Crippen LogP contribution is -2.42. The molecular weight excluding hydrogens is 308 g/mol. The van der Waals surface area contributed by atoms with Crippen LogP contribution in [0.1, 0.15) is 52.0 Å². The van der Waals surface area contributed by atoms with E-state index in [0.29, 0.717) is 11.8 Å². The van der Waals surface area contributed by atoms with Crippen molar-refractivity contribution in [2.75, 3.05) is 0 Å². The third-order valence-corrected chi connectivity index (χ3v) is 6.02. The standard InChI is InChI=1S/C18H24N2O2S/c1-3-15(17(21)19-13-10-8-12(2)9-11-13)20-18(22)14-6-4-5-7-16(14)23-20/h4-7,12-13,15H,3,8-11H2,1-2H3,(H,19,21)/t12?,13?,15-/m0/s1. The summed E-state index contributed by atoms with van der Waals surface area (Å²) in [6.45, 7) is 4.23. The lowest BCUT2D eigenvalue weighted by molar-refractivity contribution is -0.125. The van der Waals surface area contributed by atoms with Crippen LogP contribution >= 0.6 is 11.5 Å². The number of hydrogen-bond donors (Lipinski definition) is 1. The minimum atomic E-state index is -0.403. The molecule has 1 aromatic carbocycles. The lowest BCUT2D eigenvalue weighted by atomic mass is 9.87. The van der Waals surface area contributed by atoms with Crippen molar-refractivity contribution in [1.82, 2.24) is 9.27 Å². The number of nitrogens with one attached hydrogen (secondary N) is 1. The van der Waals surface area contributed by atoms with Gasteiger partial charge in [0, 0.05) is 6.04 Å². The van der Waals surface area contributed by atoms with Crippen LogP contribution < -0.4 is 10.9 Å². The largest absolute Gasteiger partial charge is 0.352 e. The fraction of sp³-hybridized carbons (Fsp3) is 0.556. The molecule has 1 aliphatic carbocycles. The second kappa shape index (κ2) is 6.87. The summed E-state index contributed by atoms with van der Waals surface area (Å²) in [4.78, 5) is 25.3. The van der Waals surface area contributed by atoms with Gasteiger partial charge in [-0.3, -0.25) is 13.5 Å². The Morgan fingerprint density at radius 3 is 2.65 bits per heavy atom. The van der Waals surface area contributed by atoms with Crippen LogP contribution in [-0.4, -0.2) is 15.9 Å². The Kier molecular flexibility index (Phi) is 4.85. The van der Waals surface area contributed by atoms with Gasteiger partial charge in [0.1, 0.15) is 6.04 Å². The topological polar surface area (TPSA) is 51.1 Å². The summed E-state index contributed by atoms with van der Waals surface area (Å²) in [5.74, 6) is 0.746. The normalized spacial score (nSPS) is 22.9. The van der Waals surface area contributed by atoms with Crippen LogP contribution in [-0.2, 0) is 4.79 Å². The summed E-state index contributed by atoms with van der Waals surface area (Å²) in [5.41, 5.74) is -0.0510. The van der Waals surface area contributed by atoms with Gasteiger partial charge in [0.15, 0.2) is 0 Å². The van der Waals surface area contributed by atoms with E-state index in [1.807, 2.05) is 31.2 Å². The summed E-state index contributed by atoms with van der Waals surface area (Å²) >= 11 is 1.39. The molecule has 1 N–H and O–H groups in total. The van der Waals surface area contributed by atoms with E-state index in [4.69, 9.17) is 0 Å². The smallest absolute Gasteiger partial charge is 0.269 e. The highest BCUT2D eigenvalue weighted by Gasteiger charge is 2.26. The summed E-state index contributed by atoms with van der Waals surface area (Å²) < 4.78 is 2.58. The molecule has 2 aromatic rings. The highest BCUT2D eigenvalue weighted by Crippen LogP contribution is 2.25. The number of rotatable bonds is 4. The molecule has 4 nitrogen and oxygen atoms in total. The quantitative estimate of drug-likeness (QED) is 0.928. The zero-order valence-corrected chi connectivity index (χ0v) is 14.6. The zero-order chi connectivity index (χ0) is 16.4. The van der Waals surface area contributed by atoms with E-state index in [1.54, 1.807) is 3.96 Å². The summed E-state index contributed by atoms with van der Waals surface area (Å²) in [7, 11) is 0. The minimum absolute atomic E-state index is 0.0132. The maximum atomic E-state index is 12.7. The first kappa shape index (κ1) is 16.2. The van der Waals surface area contributed by atoms with Gasteiger partial charge in [-0.05, 0) is 50.2 Å². The Bertz CT molecular complexity index is 741. The van der Waals surface area contributed by atoms with Gasteiger partial charge in [-0.15, -0.1) is 0 Å². The molecule has 1 fully saturated rings. The van der Waals surface area contributed by atoms with Crippen LogP contribution in [0.3, 0.4) is 0 Å². The monoisotopic (exact) mass is 332 g/mol. The number of amides is 1. The van der Waals surface area contributed by atoms with Crippen molar-refractivity contribution in [3.8, 4) is 0 Å². The number of carbonyl (C=O) groups excluding carboxylic acids is 1. The van der Waals surface area contributed by atoms with Crippen molar-refractivity contribution in [2.24, 2.45) is 5.92 Å². The zero-order valence-electron chi connectivity index (χ0n) is 13.7. The second-order valence-electron chi connectivity index (χ2n) is 6.61. The molecule has 1 aliphatic rings. The molecule has 1 saturated carbocycles. The Hall–Kier alpha value is -1.62. The Morgan fingerprint density at radius 1 is 1.30 bits per heavy atom. The molecular formula is C18H24N2O2S. The van der Waals surface area contributed by atoms with E-state index >= 15 is 0 Å². The van der Waals surface area contributed by atoms with Gasteiger partial charge in [-0.1, -0.05) is 37.5 Å². The van der Waals surface area contributed by atoms with Crippen LogP contribution in [0, 0.1) is 5.92 Å². The predicted octanol–water partition coefficient (Wildman–Crippen LogP) is 3.71. The van der Waals surface area contributed by atoms with Crippen LogP contribution in [0.25, 0.3) is 10.1 Å². The molecule has 0 bridgehead atoms. The molecule has 5 heteroatoms. The van der Waals surface area contributed by atoms with Crippen LogP contribution in [0.4, 0.5) is 0 Å². The molecule has 0 spiro atoms. The summed E-state index contributed by atoms with van der Waals surface area (Å²) in [6.07, 6.45) is 5.06. The maximum absolute atomic E-state index is 12.7. The van der Waals surface area contributed by atoms with E-state index in [0.717, 1.165) is 23.5 Å². The molecule has 1 aromatic heterocycles. The minimum Gasteiger partial charge on any atom is -0.352 e. The molecule has 0 aliphatic heterocycles. The molecule has 3 rings (SSSR count). The van der Waals surface area contributed by atoms with Gasteiger partial charge in [-0.25, -0.2) is 0 Å². The molecule has 1 heterocycles. The van der Waals surface area contributed by atoms with Gasteiger partial charge in [0.2, 0.25) is 5.91 Å². The average Bonchev–Trinajstić information content (AvgIpc) is 2.88. The fourth-order valence-corrected chi connectivity index (χ4v) is 4.51. The Balaban J connectivity index is 1.79. The van der Waals surface area contributed by atoms with Gasteiger partial charge >= 0.3 is 0 Å². The van der Waals surface area contributed by atoms with E-state index < -0.39 is 6.04 Å². The first-order valence-electron chi connectivity index (χ1n) is 8.51. The predicted molar refractivity (Wildman–Crippen MR) is 95.0 cm³/mol. The van der Waals surface area contributed by atoms with Crippen molar-refractivity contribution < 1.29 is 4.79 Å². The Labute approximate surface area is 140 Å². The van der Waals surface area contributed by atoms with Gasteiger partial charge in [-0.2, -0.15) is 0 Å². The third-order valence-electron chi connectivity index (χ3n) is 4.85.